The molecular weight excluding hydrogens is 410 g/mol. The highest BCUT2D eigenvalue weighted by molar-refractivity contribution is 8.00. The van der Waals surface area contributed by atoms with Crippen molar-refractivity contribution in [2.75, 3.05) is 0 Å². The van der Waals surface area contributed by atoms with Crippen molar-refractivity contribution in [1.29, 1.82) is 5.26 Å². The number of para-hydroxylation sites is 1. The van der Waals surface area contributed by atoms with Crippen molar-refractivity contribution in [2.45, 2.75) is 77.1 Å². The van der Waals surface area contributed by atoms with Gasteiger partial charge in [0.15, 0.2) is 11.0 Å². The number of nitrogens with one attached hydrogen (secondary N) is 1. The van der Waals surface area contributed by atoms with Gasteiger partial charge < -0.3 is 14.6 Å². The first-order valence-electron chi connectivity index (χ1n) is 10.7. The van der Waals surface area contributed by atoms with Crippen LogP contribution in [0.25, 0.3) is 0 Å². The lowest BCUT2D eigenvalue weighted by Crippen LogP contribution is -2.51. The highest BCUT2D eigenvalue weighted by atomic mass is 32.2. The van der Waals surface area contributed by atoms with Crippen molar-refractivity contribution in [3.63, 3.8) is 0 Å². The minimum atomic E-state index is -0.911. The van der Waals surface area contributed by atoms with Gasteiger partial charge in [0.2, 0.25) is 5.91 Å². The molecule has 2 atom stereocenters. The van der Waals surface area contributed by atoms with Gasteiger partial charge in [0.05, 0.1) is 11.3 Å². The predicted octanol–water partition coefficient (Wildman–Crippen LogP) is 4.44. The average Bonchev–Trinajstić information content (AvgIpc) is 3.12. The first-order valence-corrected chi connectivity index (χ1v) is 11.5. The number of ether oxygens (including phenoxy) is 1. The van der Waals surface area contributed by atoms with Gasteiger partial charge in [-0.05, 0) is 44.2 Å². The molecule has 1 N–H and O–H groups in total. The Balaban J connectivity index is 2.14. The summed E-state index contributed by atoms with van der Waals surface area (Å²) in [7, 11) is 0. The van der Waals surface area contributed by atoms with E-state index in [-0.39, 0.29) is 11.8 Å². The first-order chi connectivity index (χ1) is 14.7. The lowest BCUT2D eigenvalue weighted by atomic mass is 9.90. The summed E-state index contributed by atoms with van der Waals surface area (Å²) in [5.74, 6) is 1.82. The maximum Gasteiger partial charge on any atom is 0.234 e. The van der Waals surface area contributed by atoms with Gasteiger partial charge in [-0.25, -0.2) is 0 Å². The Morgan fingerprint density at radius 2 is 1.90 bits per heavy atom. The minimum absolute atomic E-state index is 0.00455. The fourth-order valence-electron chi connectivity index (χ4n) is 2.66. The molecule has 7 nitrogen and oxygen atoms in total. The van der Waals surface area contributed by atoms with E-state index in [0.717, 1.165) is 24.5 Å². The molecule has 0 aliphatic heterocycles. The highest BCUT2D eigenvalue weighted by Gasteiger charge is 2.32. The normalized spacial score (nSPS) is 14.2. The summed E-state index contributed by atoms with van der Waals surface area (Å²) in [6.45, 7) is 12.8. The quantitative estimate of drug-likeness (QED) is 0.516. The predicted molar refractivity (Wildman–Crippen MR) is 123 cm³/mol. The van der Waals surface area contributed by atoms with Crippen LogP contribution in [0.4, 0.5) is 0 Å². The van der Waals surface area contributed by atoms with Crippen molar-refractivity contribution < 1.29 is 9.53 Å². The first kappa shape index (κ1) is 24.7. The van der Waals surface area contributed by atoms with Gasteiger partial charge in [-0.15, -0.1) is 10.2 Å². The summed E-state index contributed by atoms with van der Waals surface area (Å²) in [6, 6.07) is 11.8. The summed E-state index contributed by atoms with van der Waals surface area (Å²) in [5, 5.41) is 21.3. The summed E-state index contributed by atoms with van der Waals surface area (Å²) in [4.78, 5) is 12.8. The zero-order valence-electron chi connectivity index (χ0n) is 19.3. The van der Waals surface area contributed by atoms with Crippen LogP contribution in [0.5, 0.6) is 5.75 Å². The Hall–Kier alpha value is -2.53. The summed E-state index contributed by atoms with van der Waals surface area (Å²) < 4.78 is 7.90. The molecule has 1 aromatic heterocycles. The van der Waals surface area contributed by atoms with Crippen molar-refractivity contribution >= 4 is 17.7 Å². The molecule has 2 aromatic rings. The molecule has 0 radical (unpaired) electrons. The maximum absolute atomic E-state index is 12.8. The van der Waals surface area contributed by atoms with Crippen LogP contribution in [0.2, 0.25) is 0 Å². The molecule has 0 bridgehead atoms. The Bertz CT molecular complexity index is 891. The van der Waals surface area contributed by atoms with Crippen molar-refractivity contribution in [1.82, 2.24) is 20.1 Å². The highest BCUT2D eigenvalue weighted by Crippen LogP contribution is 2.25. The zero-order valence-corrected chi connectivity index (χ0v) is 20.1. The van der Waals surface area contributed by atoms with E-state index in [1.165, 1.54) is 11.8 Å². The number of carbonyl (C=O) groups excluding carboxylic acids is 1. The van der Waals surface area contributed by atoms with Crippen LogP contribution in [-0.2, 0) is 17.9 Å². The molecule has 2 unspecified atom stereocenters. The Labute approximate surface area is 189 Å². The van der Waals surface area contributed by atoms with Crippen LogP contribution < -0.4 is 10.1 Å². The summed E-state index contributed by atoms with van der Waals surface area (Å²) in [5.41, 5.74) is -0.911. The molecule has 1 amide bonds. The fraction of sp³-hybridized carbons (Fsp3) is 0.565. The van der Waals surface area contributed by atoms with Crippen LogP contribution in [0.3, 0.4) is 0 Å². The number of rotatable bonds is 11. The van der Waals surface area contributed by atoms with Gasteiger partial charge in [0.25, 0.3) is 0 Å². The van der Waals surface area contributed by atoms with Crippen molar-refractivity contribution in [3.05, 3.63) is 36.2 Å². The molecule has 0 aliphatic carbocycles. The van der Waals surface area contributed by atoms with E-state index in [1.807, 2.05) is 55.7 Å². The topological polar surface area (TPSA) is 92.8 Å². The van der Waals surface area contributed by atoms with E-state index in [4.69, 9.17) is 4.74 Å². The molecule has 0 spiro atoms. The number of hydrogen-bond acceptors (Lipinski definition) is 6. The Morgan fingerprint density at radius 1 is 1.23 bits per heavy atom. The summed E-state index contributed by atoms with van der Waals surface area (Å²) in [6.07, 6.45) is 0.963. The molecule has 8 heteroatoms. The number of nitrogens with zero attached hydrogens (tertiary/aromatic N) is 4. The number of carbonyl (C=O) groups is 1. The number of benzene rings is 1. The largest absolute Gasteiger partial charge is 0.486 e. The Morgan fingerprint density at radius 3 is 2.48 bits per heavy atom. The third kappa shape index (κ3) is 7.00. The van der Waals surface area contributed by atoms with E-state index in [9.17, 15) is 10.1 Å². The van der Waals surface area contributed by atoms with Crippen LogP contribution >= 0.6 is 11.8 Å². The molecule has 1 heterocycles. The summed E-state index contributed by atoms with van der Waals surface area (Å²) >= 11 is 1.35. The lowest BCUT2D eigenvalue weighted by Gasteiger charge is -2.28. The van der Waals surface area contributed by atoms with E-state index in [0.29, 0.717) is 17.7 Å². The smallest absolute Gasteiger partial charge is 0.234 e. The molecule has 168 valence electrons. The standard InChI is InChI=1S/C23H33N5O2S/c1-16(2)12-13-28-20(14-30-19-10-8-7-9-11-19)26-27-22(28)31-18(5)21(29)25-23(6,15-24)17(3)4/h7-11,16-18H,12-14H2,1-6H3,(H,25,29). The lowest BCUT2D eigenvalue weighted by molar-refractivity contribution is -0.121. The third-order valence-electron chi connectivity index (χ3n) is 5.26. The van der Waals surface area contributed by atoms with Crippen molar-refractivity contribution in [2.24, 2.45) is 11.8 Å². The van der Waals surface area contributed by atoms with E-state index < -0.39 is 10.8 Å². The number of nitriles is 1. The van der Waals surface area contributed by atoms with Gasteiger partial charge in [0.1, 0.15) is 17.9 Å². The van der Waals surface area contributed by atoms with Gasteiger partial charge in [0, 0.05) is 6.54 Å². The van der Waals surface area contributed by atoms with E-state index in [2.05, 4.69) is 35.4 Å². The zero-order chi connectivity index (χ0) is 23.0. The number of aromatic nitrogens is 3. The molecule has 1 aromatic carbocycles. The van der Waals surface area contributed by atoms with E-state index >= 15 is 0 Å². The molecule has 2 rings (SSSR count). The maximum atomic E-state index is 12.8. The van der Waals surface area contributed by atoms with Crippen LogP contribution in [-0.4, -0.2) is 31.5 Å². The van der Waals surface area contributed by atoms with Crippen LogP contribution in [0.1, 0.15) is 53.8 Å². The SMILES string of the molecule is CC(C)CCn1c(COc2ccccc2)nnc1SC(C)C(=O)NC(C)(C#N)C(C)C. The molecular formula is C23H33N5O2S. The van der Waals surface area contributed by atoms with Gasteiger partial charge in [-0.2, -0.15) is 5.26 Å². The Kier molecular flexibility index (Phi) is 8.93. The monoisotopic (exact) mass is 443 g/mol. The van der Waals surface area contributed by atoms with Gasteiger partial charge >= 0.3 is 0 Å². The van der Waals surface area contributed by atoms with Crippen LogP contribution in [0, 0.1) is 23.2 Å². The molecule has 0 saturated carbocycles. The van der Waals surface area contributed by atoms with Gasteiger partial charge in [-0.3, -0.25) is 4.79 Å². The number of thioether (sulfide) groups is 1. The van der Waals surface area contributed by atoms with Crippen LogP contribution in [0.15, 0.2) is 35.5 Å². The molecule has 0 aliphatic rings. The number of amides is 1. The van der Waals surface area contributed by atoms with E-state index in [1.54, 1.807) is 6.92 Å². The molecule has 0 saturated heterocycles. The third-order valence-corrected chi connectivity index (χ3v) is 6.34. The van der Waals surface area contributed by atoms with Gasteiger partial charge in [-0.1, -0.05) is 57.7 Å². The minimum Gasteiger partial charge on any atom is -0.486 e. The van der Waals surface area contributed by atoms with Crippen molar-refractivity contribution in [3.8, 4) is 11.8 Å². The average molecular weight is 444 g/mol. The fourth-order valence-corrected chi connectivity index (χ4v) is 3.55. The molecule has 0 fully saturated rings. The number of hydrogen-bond donors (Lipinski definition) is 1. The second-order valence-corrected chi connectivity index (χ2v) is 9.86. The molecule has 31 heavy (non-hydrogen) atoms. The second-order valence-electron chi connectivity index (χ2n) is 8.55. The second kappa shape index (κ2) is 11.2.